The number of hydrogen-bond donors (Lipinski definition) is 0. The summed E-state index contributed by atoms with van der Waals surface area (Å²) >= 11 is 14.3. The van der Waals surface area contributed by atoms with Crippen molar-refractivity contribution >= 4 is 50.5 Å². The van der Waals surface area contributed by atoms with Crippen molar-refractivity contribution in [1.82, 2.24) is 9.21 Å². The second-order valence-corrected chi connectivity index (χ2v) is 11.8. The largest absolute Gasteiger partial charge is 0.330 e. The Morgan fingerprint density at radius 2 is 1.88 bits per heavy atom. The van der Waals surface area contributed by atoms with Crippen LogP contribution in [0, 0.1) is 5.82 Å². The van der Waals surface area contributed by atoms with Gasteiger partial charge in [0.15, 0.2) is 0 Å². The van der Waals surface area contributed by atoms with E-state index in [1.165, 1.54) is 17.0 Å². The molecule has 0 bridgehead atoms. The number of fused-ring (bicyclic) bond motifs is 1. The number of sulfonamides is 1. The summed E-state index contributed by atoms with van der Waals surface area (Å²) in [6.07, 6.45) is 1.20. The third-order valence-electron chi connectivity index (χ3n) is 5.78. The van der Waals surface area contributed by atoms with Crippen LogP contribution in [0.1, 0.15) is 35.4 Å². The van der Waals surface area contributed by atoms with Gasteiger partial charge >= 0.3 is 0 Å². The molecule has 1 atom stereocenters. The molecule has 0 spiro atoms. The van der Waals surface area contributed by atoms with Crippen molar-refractivity contribution in [2.75, 3.05) is 19.6 Å². The molecule has 34 heavy (non-hydrogen) atoms. The van der Waals surface area contributed by atoms with E-state index >= 15 is 0 Å². The predicted octanol–water partition coefficient (Wildman–Crippen LogP) is 5.77. The Morgan fingerprint density at radius 3 is 2.56 bits per heavy atom. The second-order valence-electron chi connectivity index (χ2n) is 8.00. The van der Waals surface area contributed by atoms with Crippen molar-refractivity contribution in [2.24, 2.45) is 0 Å². The van der Waals surface area contributed by atoms with Gasteiger partial charge in [0.2, 0.25) is 15.9 Å². The fraction of sp³-hybridized carbons (Fsp3) is 0.292. The van der Waals surface area contributed by atoms with Crippen LogP contribution in [-0.4, -0.2) is 43.2 Å². The van der Waals surface area contributed by atoms with E-state index in [9.17, 15) is 17.6 Å². The van der Waals surface area contributed by atoms with Crippen molar-refractivity contribution in [3.8, 4) is 0 Å². The molecule has 2 aromatic carbocycles. The third kappa shape index (κ3) is 5.02. The lowest BCUT2D eigenvalue weighted by molar-refractivity contribution is -0.133. The molecule has 0 N–H and O–H groups in total. The molecule has 10 heteroatoms. The first-order chi connectivity index (χ1) is 16.2. The zero-order chi connectivity index (χ0) is 24.5. The summed E-state index contributed by atoms with van der Waals surface area (Å²) in [5, 5.41) is 2.92. The van der Waals surface area contributed by atoms with Crippen molar-refractivity contribution in [2.45, 2.75) is 30.7 Å². The molecule has 0 unspecified atom stereocenters. The molecule has 0 radical (unpaired) electrons. The molecule has 3 aromatic rings. The lowest BCUT2D eigenvalue weighted by Gasteiger charge is -2.37. The maximum Gasteiger partial charge on any atom is 0.243 e. The van der Waals surface area contributed by atoms with Gasteiger partial charge < -0.3 is 4.90 Å². The van der Waals surface area contributed by atoms with Crippen LogP contribution in [0.5, 0.6) is 0 Å². The molecule has 180 valence electrons. The fourth-order valence-electron chi connectivity index (χ4n) is 4.17. The van der Waals surface area contributed by atoms with Gasteiger partial charge in [-0.1, -0.05) is 36.2 Å². The van der Waals surface area contributed by atoms with Crippen molar-refractivity contribution in [3.05, 3.63) is 85.8 Å². The molecule has 1 aliphatic rings. The highest BCUT2D eigenvalue weighted by Crippen LogP contribution is 2.41. The van der Waals surface area contributed by atoms with Crippen LogP contribution in [0.25, 0.3) is 0 Å². The second kappa shape index (κ2) is 10.3. The minimum Gasteiger partial charge on any atom is -0.330 e. The van der Waals surface area contributed by atoms with Crippen LogP contribution in [0.2, 0.25) is 10.0 Å². The van der Waals surface area contributed by atoms with E-state index in [1.807, 2.05) is 18.4 Å². The van der Waals surface area contributed by atoms with Crippen LogP contribution < -0.4 is 0 Å². The van der Waals surface area contributed by atoms with E-state index in [0.717, 1.165) is 27.6 Å². The van der Waals surface area contributed by atoms with Crippen molar-refractivity contribution < 1.29 is 17.6 Å². The fourth-order valence-corrected chi connectivity index (χ4v) is 7.07. The first-order valence-corrected chi connectivity index (χ1v) is 13.9. The van der Waals surface area contributed by atoms with Gasteiger partial charge in [-0.25, -0.2) is 12.8 Å². The van der Waals surface area contributed by atoms with E-state index in [4.69, 9.17) is 23.2 Å². The highest BCUT2D eigenvalue weighted by Gasteiger charge is 2.36. The summed E-state index contributed by atoms with van der Waals surface area (Å²) in [6, 6.07) is 11.3. The van der Waals surface area contributed by atoms with Gasteiger partial charge in [-0.3, -0.25) is 4.79 Å². The van der Waals surface area contributed by atoms with E-state index in [1.54, 1.807) is 34.4 Å². The summed E-state index contributed by atoms with van der Waals surface area (Å²) in [7, 11) is -3.98. The van der Waals surface area contributed by atoms with Gasteiger partial charge in [-0.05, 0) is 71.8 Å². The number of halogens is 3. The zero-order valence-corrected chi connectivity index (χ0v) is 21.5. The summed E-state index contributed by atoms with van der Waals surface area (Å²) in [5.74, 6) is -0.855. The average molecular weight is 541 g/mol. The minimum absolute atomic E-state index is 0.0498. The molecule has 2 heterocycles. The molecule has 0 fully saturated rings. The Bertz CT molecular complexity index is 1300. The first-order valence-electron chi connectivity index (χ1n) is 10.8. The lowest BCUT2D eigenvalue weighted by Crippen LogP contribution is -2.47. The third-order valence-corrected chi connectivity index (χ3v) is 9.20. The van der Waals surface area contributed by atoms with Crippen LogP contribution in [0.3, 0.4) is 0 Å². The van der Waals surface area contributed by atoms with Crippen LogP contribution in [0.4, 0.5) is 4.39 Å². The molecule has 0 aliphatic carbocycles. The number of nitrogens with zero attached hydrogens (tertiary/aromatic N) is 2. The maximum absolute atomic E-state index is 13.6. The predicted molar refractivity (Wildman–Crippen MR) is 133 cm³/mol. The number of amides is 1. The molecule has 1 aliphatic heterocycles. The number of thiophene rings is 1. The number of hydrogen-bond acceptors (Lipinski definition) is 4. The van der Waals surface area contributed by atoms with Gasteiger partial charge in [-0.15, -0.1) is 11.3 Å². The van der Waals surface area contributed by atoms with E-state index < -0.39 is 21.9 Å². The standard InChI is InChI=1S/C24H23Cl2FN2O3S2/c1-2-11-28(34(31,32)18-6-4-17(27)5-7-18)15-23(30)29-12-9-22-20(10-13-33-22)24(29)19-8-3-16(25)14-21(19)26/h3-8,10,13-14,24H,2,9,11-12,15H2,1H3/t24-/m1/s1. The van der Waals surface area contributed by atoms with Crippen molar-refractivity contribution in [3.63, 3.8) is 0 Å². The van der Waals surface area contributed by atoms with E-state index in [0.29, 0.717) is 29.4 Å². The summed E-state index contributed by atoms with van der Waals surface area (Å²) in [6.45, 7) is 2.11. The summed E-state index contributed by atoms with van der Waals surface area (Å²) in [5.41, 5.74) is 1.72. The van der Waals surface area contributed by atoms with Gasteiger partial charge in [0.25, 0.3) is 0 Å². The average Bonchev–Trinajstić information content (AvgIpc) is 3.28. The Labute approximate surface area is 212 Å². The minimum atomic E-state index is -3.98. The monoisotopic (exact) mass is 540 g/mol. The number of rotatable bonds is 7. The summed E-state index contributed by atoms with van der Waals surface area (Å²) in [4.78, 5) is 16.4. The first kappa shape index (κ1) is 25.1. The number of benzene rings is 2. The zero-order valence-electron chi connectivity index (χ0n) is 18.4. The Morgan fingerprint density at radius 1 is 1.15 bits per heavy atom. The van der Waals surface area contributed by atoms with Crippen molar-refractivity contribution in [1.29, 1.82) is 0 Å². The topological polar surface area (TPSA) is 57.7 Å². The summed E-state index contributed by atoms with van der Waals surface area (Å²) < 4.78 is 41.0. The normalized spacial score (nSPS) is 16.0. The number of carbonyl (C=O) groups excluding carboxylic acids is 1. The molecule has 4 rings (SSSR count). The van der Waals surface area contributed by atoms with Crippen LogP contribution >= 0.6 is 34.5 Å². The molecular formula is C24H23Cl2FN2O3S2. The number of carbonyl (C=O) groups is 1. The van der Waals surface area contributed by atoms with Gasteiger partial charge in [0.05, 0.1) is 17.5 Å². The molecule has 0 saturated heterocycles. The molecule has 1 amide bonds. The van der Waals surface area contributed by atoms with Crippen LogP contribution in [0.15, 0.2) is 58.8 Å². The quantitative estimate of drug-likeness (QED) is 0.382. The highest BCUT2D eigenvalue weighted by atomic mass is 35.5. The Balaban J connectivity index is 1.67. The van der Waals surface area contributed by atoms with Gasteiger partial charge in [0, 0.05) is 28.0 Å². The maximum atomic E-state index is 13.6. The lowest BCUT2D eigenvalue weighted by atomic mass is 9.93. The molecule has 1 aromatic heterocycles. The Hall–Kier alpha value is -1.97. The van der Waals surface area contributed by atoms with Crippen LogP contribution in [-0.2, 0) is 21.2 Å². The van der Waals surface area contributed by atoms with E-state index in [2.05, 4.69) is 0 Å². The SMILES string of the molecule is CCCN(CC(=O)N1CCc2sccc2[C@H]1c1ccc(Cl)cc1Cl)S(=O)(=O)c1ccc(F)cc1. The van der Waals surface area contributed by atoms with Gasteiger partial charge in [0.1, 0.15) is 5.82 Å². The molecule has 0 saturated carbocycles. The van der Waals surface area contributed by atoms with E-state index in [-0.39, 0.29) is 23.9 Å². The molecule has 5 nitrogen and oxygen atoms in total. The van der Waals surface area contributed by atoms with Gasteiger partial charge in [-0.2, -0.15) is 4.31 Å². The smallest absolute Gasteiger partial charge is 0.243 e. The molecular weight excluding hydrogens is 518 g/mol. The Kier molecular flexibility index (Phi) is 7.64. The highest BCUT2D eigenvalue weighted by molar-refractivity contribution is 7.89.